The molecule has 0 unspecified atom stereocenters. The maximum atomic E-state index is 13.3. The molecule has 0 fully saturated rings. The van der Waals surface area contributed by atoms with E-state index >= 15 is 0 Å². The van der Waals surface area contributed by atoms with Gasteiger partial charge in [0.05, 0.1) is 31.0 Å². The molecule has 3 amide bonds. The van der Waals surface area contributed by atoms with Gasteiger partial charge in [-0.05, 0) is 30.5 Å². The van der Waals surface area contributed by atoms with Crippen molar-refractivity contribution in [3.63, 3.8) is 0 Å². The van der Waals surface area contributed by atoms with Crippen LogP contribution < -0.4 is 10.1 Å². The first kappa shape index (κ1) is 19.0. The molecule has 0 spiro atoms. The number of nitrogens with one attached hydrogen (secondary N) is 1. The molecule has 6 heteroatoms. The Balaban J connectivity index is 2.06. The molecule has 2 aliphatic rings. The van der Waals surface area contributed by atoms with E-state index in [1.54, 1.807) is 18.1 Å². The summed E-state index contributed by atoms with van der Waals surface area (Å²) in [6.45, 7) is 10.8. The lowest BCUT2D eigenvalue weighted by molar-refractivity contribution is -0.128. The smallest absolute Gasteiger partial charge is 0.322 e. The molecule has 1 aromatic rings. The van der Waals surface area contributed by atoms with Crippen molar-refractivity contribution in [2.24, 2.45) is 5.92 Å². The maximum absolute atomic E-state index is 13.3. The fourth-order valence-electron chi connectivity index (χ4n) is 3.60. The van der Waals surface area contributed by atoms with Crippen molar-refractivity contribution >= 4 is 11.9 Å². The molecule has 27 heavy (non-hydrogen) atoms. The Morgan fingerprint density at radius 1 is 1.33 bits per heavy atom. The van der Waals surface area contributed by atoms with Gasteiger partial charge in [0, 0.05) is 12.6 Å². The lowest BCUT2D eigenvalue weighted by Gasteiger charge is -2.33. The number of ether oxygens (including phenoxy) is 1. The monoisotopic (exact) mass is 369 g/mol. The fraction of sp³-hybridized carbons (Fsp3) is 0.429. The van der Waals surface area contributed by atoms with Gasteiger partial charge in [-0.1, -0.05) is 32.1 Å². The van der Waals surface area contributed by atoms with E-state index in [4.69, 9.17) is 4.74 Å². The van der Waals surface area contributed by atoms with Crippen molar-refractivity contribution in [1.82, 2.24) is 15.1 Å². The molecule has 0 bridgehead atoms. The van der Waals surface area contributed by atoms with Gasteiger partial charge >= 0.3 is 6.03 Å². The molecule has 0 aromatic heterocycles. The number of amides is 3. The number of benzene rings is 1. The van der Waals surface area contributed by atoms with Crippen LogP contribution >= 0.6 is 0 Å². The molecular formula is C21H27N3O3. The van der Waals surface area contributed by atoms with Gasteiger partial charge in [0.25, 0.3) is 5.91 Å². The zero-order valence-electron chi connectivity index (χ0n) is 16.4. The van der Waals surface area contributed by atoms with E-state index in [1.165, 1.54) is 0 Å². The van der Waals surface area contributed by atoms with Crippen LogP contribution in [0.4, 0.5) is 4.79 Å². The van der Waals surface area contributed by atoms with Gasteiger partial charge in [-0.2, -0.15) is 0 Å². The van der Waals surface area contributed by atoms with Gasteiger partial charge in [0.2, 0.25) is 0 Å². The number of urea groups is 1. The Hall–Kier alpha value is -2.76. The van der Waals surface area contributed by atoms with Gasteiger partial charge in [-0.3, -0.25) is 9.69 Å². The molecule has 2 heterocycles. The van der Waals surface area contributed by atoms with Crippen LogP contribution in [0, 0.1) is 5.92 Å². The molecule has 6 nitrogen and oxygen atoms in total. The predicted octanol–water partition coefficient (Wildman–Crippen LogP) is 3.09. The minimum Gasteiger partial charge on any atom is -0.497 e. The largest absolute Gasteiger partial charge is 0.497 e. The van der Waals surface area contributed by atoms with Gasteiger partial charge in [-0.25, -0.2) is 4.79 Å². The number of carbonyl (C=O) groups excluding carboxylic acids is 2. The second-order valence-corrected chi connectivity index (χ2v) is 7.34. The Bertz CT molecular complexity index is 800. The van der Waals surface area contributed by atoms with E-state index in [-0.39, 0.29) is 18.0 Å². The summed E-state index contributed by atoms with van der Waals surface area (Å²) in [4.78, 5) is 29.5. The van der Waals surface area contributed by atoms with Crippen LogP contribution in [0.25, 0.3) is 0 Å². The Kier molecular flexibility index (Phi) is 5.26. The van der Waals surface area contributed by atoms with Crippen molar-refractivity contribution in [2.75, 3.05) is 20.2 Å². The molecule has 1 N–H and O–H groups in total. The third kappa shape index (κ3) is 3.31. The van der Waals surface area contributed by atoms with Gasteiger partial charge in [-0.15, -0.1) is 6.58 Å². The minimum atomic E-state index is -0.486. The quantitative estimate of drug-likeness (QED) is 0.784. The molecule has 2 atom stereocenters. The van der Waals surface area contributed by atoms with Gasteiger partial charge in [0.1, 0.15) is 5.75 Å². The summed E-state index contributed by atoms with van der Waals surface area (Å²) in [5, 5.41) is 2.99. The third-order valence-corrected chi connectivity index (χ3v) is 5.44. The molecule has 1 aromatic carbocycles. The second kappa shape index (κ2) is 7.47. The standard InChI is InChI=1S/C21H27N3O3/c1-6-10-23-17-12-24(14(4)13(2)3)20(25)18(17)19(22-21(23)26)15-8-7-9-16(11-15)27-5/h6-9,11,13-14,19H,1,10,12H2,2-5H3,(H,22,26)/t14-,19-/m0/s1. The predicted molar refractivity (Wildman–Crippen MR) is 104 cm³/mol. The molecule has 2 aliphatic heterocycles. The number of methoxy groups -OCH3 is 1. The van der Waals surface area contributed by atoms with Crippen molar-refractivity contribution in [3.05, 3.63) is 53.8 Å². The lowest BCUT2D eigenvalue weighted by atomic mass is 9.95. The van der Waals surface area contributed by atoms with E-state index in [9.17, 15) is 9.59 Å². The average Bonchev–Trinajstić information content (AvgIpc) is 3.00. The topological polar surface area (TPSA) is 61.9 Å². The van der Waals surface area contributed by atoms with Crippen molar-refractivity contribution in [1.29, 1.82) is 0 Å². The van der Waals surface area contributed by atoms with Crippen LogP contribution in [-0.2, 0) is 4.79 Å². The molecule has 0 aliphatic carbocycles. The normalized spacial score (nSPS) is 20.7. The van der Waals surface area contributed by atoms with Crippen molar-refractivity contribution < 1.29 is 14.3 Å². The summed E-state index contributed by atoms with van der Waals surface area (Å²) in [7, 11) is 1.60. The SMILES string of the molecule is C=CCN1C(=O)N[C@@H](c2cccc(OC)c2)C2=C1CN([C@@H](C)C(C)C)C2=O. The molecule has 3 rings (SSSR count). The van der Waals surface area contributed by atoms with E-state index in [1.807, 2.05) is 29.2 Å². The first-order valence-electron chi connectivity index (χ1n) is 9.25. The molecular weight excluding hydrogens is 342 g/mol. The van der Waals surface area contributed by atoms with Crippen LogP contribution in [-0.4, -0.2) is 48.0 Å². The molecule has 0 radical (unpaired) electrons. The average molecular weight is 369 g/mol. The highest BCUT2D eigenvalue weighted by molar-refractivity contribution is 6.01. The van der Waals surface area contributed by atoms with Crippen LogP contribution in [0.15, 0.2) is 48.2 Å². The Morgan fingerprint density at radius 3 is 2.70 bits per heavy atom. The number of hydrogen-bond acceptors (Lipinski definition) is 3. The lowest BCUT2D eigenvalue weighted by Crippen LogP contribution is -2.47. The van der Waals surface area contributed by atoms with E-state index in [0.29, 0.717) is 30.3 Å². The fourth-order valence-corrected chi connectivity index (χ4v) is 3.60. The third-order valence-electron chi connectivity index (χ3n) is 5.44. The van der Waals surface area contributed by atoms with Crippen LogP contribution in [0.5, 0.6) is 5.75 Å². The first-order valence-corrected chi connectivity index (χ1v) is 9.25. The van der Waals surface area contributed by atoms with Gasteiger partial charge < -0.3 is 15.0 Å². The first-order chi connectivity index (χ1) is 12.9. The van der Waals surface area contributed by atoms with E-state index in [2.05, 4.69) is 32.7 Å². The highest BCUT2D eigenvalue weighted by atomic mass is 16.5. The Labute approximate surface area is 160 Å². The van der Waals surface area contributed by atoms with Crippen LogP contribution in [0.3, 0.4) is 0 Å². The highest BCUT2D eigenvalue weighted by Gasteiger charge is 2.45. The van der Waals surface area contributed by atoms with Crippen LogP contribution in [0.1, 0.15) is 32.4 Å². The Morgan fingerprint density at radius 2 is 2.07 bits per heavy atom. The van der Waals surface area contributed by atoms with Crippen molar-refractivity contribution in [2.45, 2.75) is 32.9 Å². The summed E-state index contributed by atoms with van der Waals surface area (Å²) >= 11 is 0. The number of carbonyl (C=O) groups is 2. The summed E-state index contributed by atoms with van der Waals surface area (Å²) in [5.74, 6) is 0.991. The molecule has 144 valence electrons. The zero-order valence-corrected chi connectivity index (χ0v) is 16.4. The van der Waals surface area contributed by atoms with Crippen LogP contribution in [0.2, 0.25) is 0 Å². The van der Waals surface area contributed by atoms with E-state index in [0.717, 1.165) is 11.3 Å². The minimum absolute atomic E-state index is 0.0203. The summed E-state index contributed by atoms with van der Waals surface area (Å²) in [6.07, 6.45) is 1.68. The molecule has 0 saturated heterocycles. The maximum Gasteiger partial charge on any atom is 0.322 e. The molecule has 0 saturated carbocycles. The van der Waals surface area contributed by atoms with Gasteiger partial charge in [0.15, 0.2) is 0 Å². The highest BCUT2D eigenvalue weighted by Crippen LogP contribution is 2.38. The number of rotatable bonds is 6. The zero-order chi connectivity index (χ0) is 19.7. The summed E-state index contributed by atoms with van der Waals surface area (Å²) in [6, 6.07) is 6.86. The summed E-state index contributed by atoms with van der Waals surface area (Å²) < 4.78 is 5.31. The number of nitrogens with zero attached hydrogens (tertiary/aromatic N) is 2. The second-order valence-electron chi connectivity index (χ2n) is 7.34. The number of hydrogen-bond donors (Lipinski definition) is 1. The van der Waals surface area contributed by atoms with Crippen molar-refractivity contribution in [3.8, 4) is 5.75 Å². The van der Waals surface area contributed by atoms with E-state index < -0.39 is 6.04 Å². The summed E-state index contributed by atoms with van der Waals surface area (Å²) in [5.41, 5.74) is 2.24.